The van der Waals surface area contributed by atoms with Crippen molar-refractivity contribution in [2.45, 2.75) is 64.5 Å². The number of piperidine rings is 1. The molecule has 2 heterocycles. The van der Waals surface area contributed by atoms with Crippen LogP contribution >= 0.6 is 0 Å². The van der Waals surface area contributed by atoms with Gasteiger partial charge in [0.05, 0.1) is 5.92 Å². The first-order chi connectivity index (χ1) is 13.0. The Morgan fingerprint density at radius 2 is 1.74 bits per heavy atom. The summed E-state index contributed by atoms with van der Waals surface area (Å²) in [6.45, 7) is 5.43. The van der Waals surface area contributed by atoms with Crippen LogP contribution in [0.15, 0.2) is 18.5 Å². The van der Waals surface area contributed by atoms with Crippen LogP contribution in [-0.4, -0.2) is 52.0 Å². The lowest BCUT2D eigenvalue weighted by Crippen LogP contribution is -2.44. The molecule has 2 aliphatic rings. The van der Waals surface area contributed by atoms with Crippen LogP contribution in [0.1, 0.15) is 52.4 Å². The molecule has 7 nitrogen and oxygen atoms in total. The summed E-state index contributed by atoms with van der Waals surface area (Å²) in [6.07, 6.45) is 8.01. The molecule has 148 valence electrons. The fourth-order valence-corrected chi connectivity index (χ4v) is 3.84. The quantitative estimate of drug-likeness (QED) is 0.798. The largest absolute Gasteiger partial charge is 0.452 e. The van der Waals surface area contributed by atoms with Gasteiger partial charge in [0.2, 0.25) is 5.95 Å². The number of esters is 1. The number of carbonyl (C=O) groups excluding carboxylic acids is 2. The molecule has 1 amide bonds. The second-order valence-corrected chi connectivity index (χ2v) is 7.85. The number of hydrogen-bond acceptors (Lipinski definition) is 6. The number of rotatable bonds is 5. The van der Waals surface area contributed by atoms with E-state index in [9.17, 15) is 9.59 Å². The van der Waals surface area contributed by atoms with Crippen molar-refractivity contribution >= 4 is 17.8 Å². The molecule has 1 saturated carbocycles. The molecule has 1 aliphatic carbocycles. The molecule has 1 unspecified atom stereocenters. The molecular weight excluding hydrogens is 344 g/mol. The van der Waals surface area contributed by atoms with E-state index in [0.717, 1.165) is 51.6 Å². The monoisotopic (exact) mass is 374 g/mol. The first-order valence-electron chi connectivity index (χ1n) is 10.1. The summed E-state index contributed by atoms with van der Waals surface area (Å²) in [7, 11) is 0. The van der Waals surface area contributed by atoms with Crippen LogP contribution < -0.4 is 5.32 Å². The average Bonchev–Trinajstić information content (AvgIpc) is 2.69. The van der Waals surface area contributed by atoms with Gasteiger partial charge in [-0.05, 0) is 57.4 Å². The highest BCUT2D eigenvalue weighted by atomic mass is 16.5. The number of amides is 1. The smallest absolute Gasteiger partial charge is 0.309 e. The van der Waals surface area contributed by atoms with Crippen LogP contribution in [-0.2, 0) is 14.3 Å². The van der Waals surface area contributed by atoms with Gasteiger partial charge in [0, 0.05) is 31.5 Å². The van der Waals surface area contributed by atoms with Crippen LogP contribution in [0.5, 0.6) is 0 Å². The number of anilines is 1. The molecule has 1 atom stereocenters. The number of nitrogens with zero attached hydrogens (tertiary/aromatic N) is 3. The Hall–Kier alpha value is -2.18. The third-order valence-corrected chi connectivity index (χ3v) is 5.70. The third-order valence-electron chi connectivity index (χ3n) is 5.70. The van der Waals surface area contributed by atoms with Crippen LogP contribution in [0.3, 0.4) is 0 Å². The molecule has 0 spiro atoms. The predicted molar refractivity (Wildman–Crippen MR) is 102 cm³/mol. The fraction of sp³-hybridized carbons (Fsp3) is 0.700. The topological polar surface area (TPSA) is 84.4 Å². The van der Waals surface area contributed by atoms with E-state index in [-0.39, 0.29) is 23.8 Å². The van der Waals surface area contributed by atoms with Crippen LogP contribution in [0, 0.1) is 11.8 Å². The zero-order valence-corrected chi connectivity index (χ0v) is 16.3. The predicted octanol–water partition coefficient (Wildman–Crippen LogP) is 2.64. The molecule has 2 fully saturated rings. The van der Waals surface area contributed by atoms with Crippen molar-refractivity contribution in [2.75, 3.05) is 18.4 Å². The summed E-state index contributed by atoms with van der Waals surface area (Å²) in [5.74, 6) is 0.856. The van der Waals surface area contributed by atoms with Gasteiger partial charge in [-0.25, -0.2) is 9.97 Å². The van der Waals surface area contributed by atoms with E-state index in [1.807, 2.05) is 4.90 Å². The van der Waals surface area contributed by atoms with Gasteiger partial charge in [-0.2, -0.15) is 0 Å². The maximum Gasteiger partial charge on any atom is 0.309 e. The Morgan fingerprint density at radius 1 is 1.11 bits per heavy atom. The van der Waals surface area contributed by atoms with Gasteiger partial charge in [-0.1, -0.05) is 6.92 Å². The normalized spacial score (nSPS) is 24.9. The van der Waals surface area contributed by atoms with Gasteiger partial charge in [0.25, 0.3) is 5.91 Å². The fourth-order valence-electron chi connectivity index (χ4n) is 3.84. The van der Waals surface area contributed by atoms with E-state index in [2.05, 4.69) is 22.2 Å². The van der Waals surface area contributed by atoms with E-state index < -0.39 is 6.10 Å². The molecule has 1 N–H and O–H groups in total. The Bertz CT molecular complexity index is 623. The lowest BCUT2D eigenvalue weighted by Gasteiger charge is -2.33. The lowest BCUT2D eigenvalue weighted by molar-refractivity contribution is -0.163. The van der Waals surface area contributed by atoms with Gasteiger partial charge >= 0.3 is 5.97 Å². The Labute approximate surface area is 160 Å². The molecule has 27 heavy (non-hydrogen) atoms. The van der Waals surface area contributed by atoms with Crippen molar-refractivity contribution in [3.8, 4) is 0 Å². The molecule has 3 rings (SSSR count). The molecule has 0 radical (unpaired) electrons. The van der Waals surface area contributed by atoms with Crippen molar-refractivity contribution in [3.05, 3.63) is 18.5 Å². The highest BCUT2D eigenvalue weighted by Gasteiger charge is 2.32. The summed E-state index contributed by atoms with van der Waals surface area (Å²) < 4.78 is 5.51. The number of carbonyl (C=O) groups is 2. The minimum absolute atomic E-state index is 0.0631. The first-order valence-corrected chi connectivity index (χ1v) is 10.1. The van der Waals surface area contributed by atoms with Crippen molar-refractivity contribution in [3.63, 3.8) is 0 Å². The molecule has 0 aromatic carbocycles. The van der Waals surface area contributed by atoms with Crippen LogP contribution in [0.4, 0.5) is 5.95 Å². The molecule has 1 saturated heterocycles. The summed E-state index contributed by atoms with van der Waals surface area (Å²) in [5, 5.41) is 3.31. The number of hydrogen-bond donors (Lipinski definition) is 1. The molecule has 1 aromatic heterocycles. The third kappa shape index (κ3) is 5.40. The van der Waals surface area contributed by atoms with E-state index in [4.69, 9.17) is 4.74 Å². The minimum atomic E-state index is -0.695. The zero-order valence-electron chi connectivity index (χ0n) is 16.3. The summed E-state index contributed by atoms with van der Waals surface area (Å²) >= 11 is 0. The first kappa shape index (κ1) is 19.6. The van der Waals surface area contributed by atoms with Crippen molar-refractivity contribution in [1.29, 1.82) is 0 Å². The van der Waals surface area contributed by atoms with Gasteiger partial charge in [0.15, 0.2) is 6.10 Å². The van der Waals surface area contributed by atoms with Crippen molar-refractivity contribution in [1.82, 2.24) is 14.9 Å². The summed E-state index contributed by atoms with van der Waals surface area (Å²) in [4.78, 5) is 35.2. The SMILES string of the molecule is CC1CCN(C(=O)C(C)OC(=O)C2CCC(Nc3ncccn3)CC2)CC1. The molecular formula is C20H30N4O3. The minimum Gasteiger partial charge on any atom is -0.452 e. The van der Waals surface area contributed by atoms with Crippen LogP contribution in [0.25, 0.3) is 0 Å². The number of likely N-dealkylation sites (tertiary alicyclic amines) is 1. The number of ether oxygens (including phenoxy) is 1. The van der Waals surface area contributed by atoms with Crippen molar-refractivity contribution in [2.24, 2.45) is 11.8 Å². The maximum atomic E-state index is 12.5. The zero-order chi connectivity index (χ0) is 19.2. The maximum absolute atomic E-state index is 12.5. The van der Waals surface area contributed by atoms with Gasteiger partial charge in [-0.3, -0.25) is 9.59 Å². The standard InChI is InChI=1S/C20H30N4O3/c1-14-8-12-24(13-9-14)18(25)15(2)27-19(26)16-4-6-17(7-5-16)23-20-21-10-3-11-22-20/h3,10-11,14-17H,4-9,12-13H2,1-2H3,(H,21,22,23). The highest BCUT2D eigenvalue weighted by Crippen LogP contribution is 2.27. The van der Waals surface area contributed by atoms with Crippen molar-refractivity contribution < 1.29 is 14.3 Å². The lowest BCUT2D eigenvalue weighted by atomic mass is 9.86. The van der Waals surface area contributed by atoms with Gasteiger partial charge in [0.1, 0.15) is 0 Å². The molecule has 1 aliphatic heterocycles. The molecule has 1 aromatic rings. The van der Waals surface area contributed by atoms with Gasteiger partial charge < -0.3 is 15.0 Å². The average molecular weight is 374 g/mol. The van der Waals surface area contributed by atoms with E-state index >= 15 is 0 Å². The van der Waals surface area contributed by atoms with E-state index in [1.54, 1.807) is 25.4 Å². The number of nitrogens with one attached hydrogen (secondary N) is 1. The highest BCUT2D eigenvalue weighted by molar-refractivity contribution is 5.84. The van der Waals surface area contributed by atoms with Gasteiger partial charge in [-0.15, -0.1) is 0 Å². The van der Waals surface area contributed by atoms with E-state index in [1.165, 1.54) is 0 Å². The summed E-state index contributed by atoms with van der Waals surface area (Å²) in [6, 6.07) is 2.05. The Morgan fingerprint density at radius 3 is 2.37 bits per heavy atom. The Kier molecular flexibility index (Phi) is 6.63. The summed E-state index contributed by atoms with van der Waals surface area (Å²) in [5.41, 5.74) is 0. The molecule has 7 heteroatoms. The second-order valence-electron chi connectivity index (χ2n) is 7.85. The number of aromatic nitrogens is 2. The second kappa shape index (κ2) is 9.15. The van der Waals surface area contributed by atoms with Crippen LogP contribution in [0.2, 0.25) is 0 Å². The molecule has 0 bridgehead atoms. The van der Waals surface area contributed by atoms with E-state index in [0.29, 0.717) is 11.9 Å². The Balaban J connectivity index is 1.41.